The monoisotopic (exact) mass is 474 g/mol. The quantitative estimate of drug-likeness (QED) is 0.658. The Bertz CT molecular complexity index is 1140. The van der Waals surface area contributed by atoms with Crippen LogP contribution in [0.15, 0.2) is 54.6 Å². The second-order valence-electron chi connectivity index (χ2n) is 9.87. The number of carbonyl (C=O) groups is 3. The molecule has 2 aliphatic rings. The van der Waals surface area contributed by atoms with E-state index in [4.69, 9.17) is 0 Å². The molecule has 0 aromatic heterocycles. The van der Waals surface area contributed by atoms with E-state index in [9.17, 15) is 32.7 Å². The van der Waals surface area contributed by atoms with E-state index in [0.717, 1.165) is 17.0 Å². The number of carboxylic acid groups (broad SMARTS) is 1. The maximum absolute atomic E-state index is 13.6. The van der Waals surface area contributed by atoms with Crippen molar-refractivity contribution in [3.05, 3.63) is 71.3 Å². The lowest BCUT2D eigenvalue weighted by atomic mass is 9.76. The summed E-state index contributed by atoms with van der Waals surface area (Å²) in [5, 5.41) is 13.3. The molecule has 0 aliphatic carbocycles. The minimum atomic E-state index is -4.62. The number of fused-ring (bicyclic) bond motifs is 1. The first-order chi connectivity index (χ1) is 15.8. The molecule has 0 spiro atoms. The normalized spacial score (nSPS) is 27.2. The van der Waals surface area contributed by atoms with Gasteiger partial charge in [0.25, 0.3) is 0 Å². The minimum Gasteiger partial charge on any atom is -0.480 e. The number of nitrogens with one attached hydrogen (secondary N) is 1. The van der Waals surface area contributed by atoms with Gasteiger partial charge in [0.1, 0.15) is 5.54 Å². The highest BCUT2D eigenvalue weighted by Gasteiger charge is 2.69. The van der Waals surface area contributed by atoms with Gasteiger partial charge in [0, 0.05) is 18.0 Å². The Morgan fingerprint density at radius 2 is 1.68 bits per heavy atom. The van der Waals surface area contributed by atoms with Crippen LogP contribution in [0.25, 0.3) is 0 Å². The van der Waals surface area contributed by atoms with Crippen molar-refractivity contribution in [1.82, 2.24) is 10.2 Å². The number of likely N-dealkylation sites (tertiary alicyclic amines) is 1. The third kappa shape index (κ3) is 3.77. The van der Waals surface area contributed by atoms with Gasteiger partial charge in [0.15, 0.2) is 0 Å². The number of alkyl halides is 3. The highest BCUT2D eigenvalue weighted by atomic mass is 19.4. The van der Waals surface area contributed by atoms with Gasteiger partial charge < -0.3 is 5.11 Å². The third-order valence-corrected chi connectivity index (χ3v) is 6.61. The first-order valence-corrected chi connectivity index (χ1v) is 10.9. The number of rotatable bonds is 4. The standard InChI is InChI=1S/C25H25F3N2O4/c1-23(2,3)30-20(31)17-18(21(30)32)24(22(33)34,13-14-8-5-4-6-9-14)29-19(17)15-10-7-11-16(12-15)25(26,27)28/h4-12,17-19,29H,13H2,1-3H3,(H,33,34). The molecule has 180 valence electrons. The van der Waals surface area contributed by atoms with Crippen LogP contribution >= 0.6 is 0 Å². The van der Waals surface area contributed by atoms with E-state index in [-0.39, 0.29) is 12.0 Å². The summed E-state index contributed by atoms with van der Waals surface area (Å²) in [6.45, 7) is 4.99. The summed E-state index contributed by atoms with van der Waals surface area (Å²) in [6, 6.07) is 12.0. The first-order valence-electron chi connectivity index (χ1n) is 10.9. The van der Waals surface area contributed by atoms with Crippen LogP contribution in [-0.2, 0) is 27.0 Å². The lowest BCUT2D eigenvalue weighted by Crippen LogP contribution is -2.58. The van der Waals surface area contributed by atoms with E-state index in [1.54, 1.807) is 51.1 Å². The van der Waals surface area contributed by atoms with Crippen molar-refractivity contribution in [3.8, 4) is 0 Å². The summed E-state index contributed by atoms with van der Waals surface area (Å²) in [6.07, 6.45) is -4.73. The maximum atomic E-state index is 13.6. The Kier molecular flexibility index (Phi) is 5.59. The zero-order chi connectivity index (χ0) is 25.1. The number of carboxylic acids is 1. The summed E-state index contributed by atoms with van der Waals surface area (Å²) >= 11 is 0. The maximum Gasteiger partial charge on any atom is 0.416 e. The summed E-state index contributed by atoms with van der Waals surface area (Å²) in [4.78, 5) is 40.9. The number of benzene rings is 2. The largest absolute Gasteiger partial charge is 0.480 e. The highest BCUT2D eigenvalue weighted by Crippen LogP contribution is 2.51. The van der Waals surface area contributed by atoms with Crippen LogP contribution < -0.4 is 5.32 Å². The molecule has 6 nitrogen and oxygen atoms in total. The highest BCUT2D eigenvalue weighted by molar-refractivity contribution is 6.10. The average molecular weight is 474 g/mol. The van der Waals surface area contributed by atoms with Gasteiger partial charge in [0.05, 0.1) is 17.4 Å². The lowest BCUT2D eigenvalue weighted by molar-refractivity contribution is -0.153. The average Bonchev–Trinajstić information content (AvgIpc) is 3.22. The smallest absolute Gasteiger partial charge is 0.416 e. The Labute approximate surface area is 194 Å². The molecule has 2 saturated heterocycles. The second kappa shape index (κ2) is 7.94. The summed E-state index contributed by atoms with van der Waals surface area (Å²) < 4.78 is 40.2. The van der Waals surface area contributed by atoms with E-state index >= 15 is 0 Å². The molecule has 4 unspecified atom stereocenters. The van der Waals surface area contributed by atoms with Crippen molar-refractivity contribution < 1.29 is 32.7 Å². The number of carbonyl (C=O) groups excluding carboxylic acids is 2. The van der Waals surface area contributed by atoms with Gasteiger partial charge in [-0.2, -0.15) is 13.2 Å². The molecule has 2 N–H and O–H groups in total. The number of nitrogens with zero attached hydrogens (tertiary/aromatic N) is 1. The van der Waals surface area contributed by atoms with Crippen LogP contribution in [0.3, 0.4) is 0 Å². The molecule has 2 aromatic carbocycles. The Morgan fingerprint density at radius 1 is 1.03 bits per heavy atom. The van der Waals surface area contributed by atoms with Gasteiger partial charge in [-0.1, -0.05) is 42.5 Å². The van der Waals surface area contributed by atoms with Gasteiger partial charge in [-0.05, 0) is 44.0 Å². The van der Waals surface area contributed by atoms with E-state index in [1.165, 1.54) is 12.1 Å². The van der Waals surface area contributed by atoms with Gasteiger partial charge in [-0.25, -0.2) is 0 Å². The zero-order valence-corrected chi connectivity index (χ0v) is 18.9. The van der Waals surface area contributed by atoms with Crippen LogP contribution in [0, 0.1) is 11.8 Å². The van der Waals surface area contributed by atoms with E-state index in [0.29, 0.717) is 5.56 Å². The number of imide groups is 1. The number of aliphatic carboxylic acids is 1. The van der Waals surface area contributed by atoms with Crippen molar-refractivity contribution >= 4 is 17.8 Å². The molecule has 34 heavy (non-hydrogen) atoms. The predicted molar refractivity (Wildman–Crippen MR) is 116 cm³/mol. The Morgan fingerprint density at radius 3 is 2.24 bits per heavy atom. The molecule has 2 fully saturated rings. The van der Waals surface area contributed by atoms with E-state index in [2.05, 4.69) is 5.32 Å². The van der Waals surface area contributed by atoms with Crippen molar-refractivity contribution in [2.24, 2.45) is 11.8 Å². The fourth-order valence-electron chi connectivity index (χ4n) is 5.21. The molecule has 4 rings (SSSR count). The van der Waals surface area contributed by atoms with Gasteiger partial charge in [-0.3, -0.25) is 24.6 Å². The molecule has 9 heteroatoms. The second-order valence-corrected chi connectivity index (χ2v) is 9.87. The van der Waals surface area contributed by atoms with E-state index in [1.807, 2.05) is 0 Å². The zero-order valence-electron chi connectivity index (χ0n) is 18.9. The van der Waals surface area contributed by atoms with Crippen molar-refractivity contribution in [3.63, 3.8) is 0 Å². The van der Waals surface area contributed by atoms with Crippen LogP contribution in [-0.4, -0.2) is 38.9 Å². The molecule has 0 bridgehead atoms. The lowest BCUT2D eigenvalue weighted by Gasteiger charge is -2.35. The van der Waals surface area contributed by atoms with Gasteiger partial charge >= 0.3 is 12.1 Å². The molecule has 2 aromatic rings. The molecule has 4 atom stereocenters. The molecule has 0 saturated carbocycles. The summed E-state index contributed by atoms with van der Waals surface area (Å²) in [7, 11) is 0. The predicted octanol–water partition coefficient (Wildman–Crippen LogP) is 3.82. The van der Waals surface area contributed by atoms with Crippen molar-refractivity contribution in [2.45, 2.75) is 50.5 Å². The van der Waals surface area contributed by atoms with Crippen LogP contribution in [0.2, 0.25) is 0 Å². The van der Waals surface area contributed by atoms with Crippen LogP contribution in [0.1, 0.15) is 43.5 Å². The number of amides is 2. The minimum absolute atomic E-state index is 0.109. The third-order valence-electron chi connectivity index (χ3n) is 6.61. The van der Waals surface area contributed by atoms with Crippen molar-refractivity contribution in [1.29, 1.82) is 0 Å². The molecule has 2 heterocycles. The summed E-state index contributed by atoms with van der Waals surface area (Å²) in [5.41, 5.74) is -2.98. The van der Waals surface area contributed by atoms with Crippen molar-refractivity contribution in [2.75, 3.05) is 0 Å². The van der Waals surface area contributed by atoms with Crippen LogP contribution in [0.4, 0.5) is 13.2 Å². The van der Waals surface area contributed by atoms with Gasteiger partial charge in [-0.15, -0.1) is 0 Å². The molecular formula is C25H25F3N2O4. The molecular weight excluding hydrogens is 449 g/mol. The molecule has 2 amide bonds. The number of hydrogen-bond acceptors (Lipinski definition) is 4. The Hall–Kier alpha value is -3.20. The fourth-order valence-corrected chi connectivity index (χ4v) is 5.21. The Balaban J connectivity index is 1.89. The van der Waals surface area contributed by atoms with Gasteiger partial charge in [0.2, 0.25) is 11.8 Å². The molecule has 2 aliphatic heterocycles. The fraction of sp³-hybridized carbons (Fsp3) is 0.400. The van der Waals surface area contributed by atoms with E-state index < -0.39 is 58.5 Å². The number of hydrogen-bond donors (Lipinski definition) is 2. The summed E-state index contributed by atoms with van der Waals surface area (Å²) in [5.74, 6) is -5.00. The topological polar surface area (TPSA) is 86.7 Å². The van der Waals surface area contributed by atoms with Crippen LogP contribution in [0.5, 0.6) is 0 Å². The molecule has 0 radical (unpaired) electrons. The SMILES string of the molecule is CC(C)(C)N1C(=O)C2C(c3cccc(C(F)(F)F)c3)NC(Cc3ccccc3)(C(=O)O)C2C1=O. The first kappa shape index (κ1) is 23.9. The number of halogens is 3.